The predicted octanol–water partition coefficient (Wildman–Crippen LogP) is 2.20. The molecule has 1 heterocycles. The van der Waals surface area contributed by atoms with E-state index in [9.17, 15) is 4.79 Å². The van der Waals surface area contributed by atoms with E-state index in [4.69, 9.17) is 10.00 Å². The van der Waals surface area contributed by atoms with Gasteiger partial charge in [0.2, 0.25) is 0 Å². The zero-order valence-corrected chi connectivity index (χ0v) is 11.1. The van der Waals surface area contributed by atoms with Crippen molar-refractivity contribution in [3.63, 3.8) is 0 Å². The highest BCUT2D eigenvalue weighted by Crippen LogP contribution is 2.16. The minimum atomic E-state index is 0.0379. The van der Waals surface area contributed by atoms with E-state index in [-0.39, 0.29) is 12.5 Å². The summed E-state index contributed by atoms with van der Waals surface area (Å²) in [5.74, 6) is 1.24. The van der Waals surface area contributed by atoms with E-state index in [1.807, 2.05) is 11.0 Å². The summed E-state index contributed by atoms with van der Waals surface area (Å²) in [5.41, 5.74) is 0.587. The van der Waals surface area contributed by atoms with Crippen molar-refractivity contribution in [2.24, 2.45) is 5.92 Å². The van der Waals surface area contributed by atoms with E-state index in [1.165, 1.54) is 6.42 Å². The molecule has 1 aromatic carbocycles. The van der Waals surface area contributed by atoms with Gasteiger partial charge in [-0.05, 0) is 43.0 Å². The van der Waals surface area contributed by atoms with Gasteiger partial charge in [0.1, 0.15) is 5.75 Å². The Labute approximate surface area is 113 Å². The highest BCUT2D eigenvalue weighted by Gasteiger charge is 2.20. The van der Waals surface area contributed by atoms with E-state index in [0.717, 1.165) is 19.5 Å². The SMILES string of the molecule is CC1CCCN(C(=O)COc2ccc(C#N)cc2)C1. The molecule has 0 saturated carbocycles. The van der Waals surface area contributed by atoms with Crippen molar-refractivity contribution in [3.8, 4) is 11.8 Å². The predicted molar refractivity (Wildman–Crippen MR) is 71.6 cm³/mol. The molecule has 1 saturated heterocycles. The number of hydrogen-bond donors (Lipinski definition) is 0. The Morgan fingerprint density at radius 3 is 2.84 bits per heavy atom. The second-order valence-electron chi connectivity index (χ2n) is 5.01. The number of carbonyl (C=O) groups is 1. The molecule has 1 amide bonds. The summed E-state index contributed by atoms with van der Waals surface area (Å²) in [6, 6.07) is 8.84. The van der Waals surface area contributed by atoms with Crippen molar-refractivity contribution in [1.82, 2.24) is 4.90 Å². The van der Waals surface area contributed by atoms with E-state index in [2.05, 4.69) is 6.92 Å². The molecule has 0 aromatic heterocycles. The maximum absolute atomic E-state index is 12.0. The molecular weight excluding hydrogens is 240 g/mol. The third-order valence-corrected chi connectivity index (χ3v) is 3.36. The van der Waals surface area contributed by atoms with Crippen LogP contribution in [0.1, 0.15) is 25.3 Å². The standard InChI is InChI=1S/C15H18N2O2/c1-12-3-2-8-17(10-12)15(18)11-19-14-6-4-13(9-16)5-7-14/h4-7,12H,2-3,8,10-11H2,1H3. The fourth-order valence-corrected chi connectivity index (χ4v) is 2.28. The summed E-state index contributed by atoms with van der Waals surface area (Å²) in [6.07, 6.45) is 2.27. The summed E-state index contributed by atoms with van der Waals surface area (Å²) >= 11 is 0. The lowest BCUT2D eigenvalue weighted by molar-refractivity contribution is -0.135. The first kappa shape index (κ1) is 13.4. The maximum Gasteiger partial charge on any atom is 0.260 e. The van der Waals surface area contributed by atoms with E-state index in [0.29, 0.717) is 17.2 Å². The number of nitrogens with zero attached hydrogens (tertiary/aromatic N) is 2. The van der Waals surface area contributed by atoms with Crippen LogP contribution in [0.25, 0.3) is 0 Å². The molecule has 1 aromatic rings. The number of nitriles is 1. The smallest absolute Gasteiger partial charge is 0.260 e. The van der Waals surface area contributed by atoms with Crippen LogP contribution in [0.3, 0.4) is 0 Å². The van der Waals surface area contributed by atoms with Crippen LogP contribution in [0.5, 0.6) is 5.75 Å². The number of likely N-dealkylation sites (tertiary alicyclic amines) is 1. The lowest BCUT2D eigenvalue weighted by Crippen LogP contribution is -2.41. The zero-order chi connectivity index (χ0) is 13.7. The summed E-state index contributed by atoms with van der Waals surface area (Å²) in [5, 5.41) is 8.69. The molecular formula is C15H18N2O2. The number of benzene rings is 1. The second kappa shape index (κ2) is 6.24. The first-order valence-electron chi connectivity index (χ1n) is 6.60. The largest absolute Gasteiger partial charge is 0.484 e. The van der Waals surface area contributed by atoms with Gasteiger partial charge in [-0.1, -0.05) is 6.92 Å². The average molecular weight is 258 g/mol. The quantitative estimate of drug-likeness (QED) is 0.835. The Bertz CT molecular complexity index is 476. The first-order valence-corrected chi connectivity index (χ1v) is 6.60. The van der Waals surface area contributed by atoms with Gasteiger partial charge in [0, 0.05) is 13.1 Å². The molecule has 4 nitrogen and oxygen atoms in total. The molecule has 1 fully saturated rings. The summed E-state index contributed by atoms with van der Waals surface area (Å²) in [4.78, 5) is 13.9. The van der Waals surface area contributed by atoms with Gasteiger partial charge in [-0.15, -0.1) is 0 Å². The van der Waals surface area contributed by atoms with Gasteiger partial charge < -0.3 is 9.64 Å². The van der Waals surface area contributed by atoms with Crippen LogP contribution < -0.4 is 4.74 Å². The van der Waals surface area contributed by atoms with E-state index < -0.39 is 0 Å². The van der Waals surface area contributed by atoms with Gasteiger partial charge >= 0.3 is 0 Å². The van der Waals surface area contributed by atoms with Crippen molar-refractivity contribution < 1.29 is 9.53 Å². The van der Waals surface area contributed by atoms with Crippen LogP contribution in [0, 0.1) is 17.2 Å². The minimum Gasteiger partial charge on any atom is -0.484 e. The van der Waals surface area contributed by atoms with Crippen LogP contribution in [-0.4, -0.2) is 30.5 Å². The molecule has 1 atom stereocenters. The Morgan fingerprint density at radius 1 is 1.47 bits per heavy atom. The molecule has 1 unspecified atom stereocenters. The van der Waals surface area contributed by atoms with Gasteiger partial charge in [0.15, 0.2) is 6.61 Å². The van der Waals surface area contributed by atoms with Crippen molar-refractivity contribution >= 4 is 5.91 Å². The fourth-order valence-electron chi connectivity index (χ4n) is 2.28. The number of ether oxygens (including phenoxy) is 1. The Hall–Kier alpha value is -2.02. The van der Waals surface area contributed by atoms with E-state index in [1.54, 1.807) is 24.3 Å². The van der Waals surface area contributed by atoms with Crippen molar-refractivity contribution in [1.29, 1.82) is 5.26 Å². The van der Waals surface area contributed by atoms with Gasteiger partial charge in [0.25, 0.3) is 5.91 Å². The molecule has 0 N–H and O–H groups in total. The van der Waals surface area contributed by atoms with Crippen molar-refractivity contribution in [2.75, 3.05) is 19.7 Å². The monoisotopic (exact) mass is 258 g/mol. The lowest BCUT2D eigenvalue weighted by atomic mass is 10.0. The van der Waals surface area contributed by atoms with Crippen LogP contribution in [0.15, 0.2) is 24.3 Å². The van der Waals surface area contributed by atoms with Crippen molar-refractivity contribution in [3.05, 3.63) is 29.8 Å². The topological polar surface area (TPSA) is 53.3 Å². The zero-order valence-electron chi connectivity index (χ0n) is 11.1. The Balaban J connectivity index is 1.84. The molecule has 0 spiro atoms. The molecule has 19 heavy (non-hydrogen) atoms. The number of amides is 1. The third kappa shape index (κ3) is 3.72. The molecule has 4 heteroatoms. The number of hydrogen-bond acceptors (Lipinski definition) is 3. The van der Waals surface area contributed by atoms with Crippen molar-refractivity contribution in [2.45, 2.75) is 19.8 Å². The van der Waals surface area contributed by atoms with Gasteiger partial charge in [-0.2, -0.15) is 5.26 Å². The maximum atomic E-state index is 12.0. The molecule has 1 aliphatic heterocycles. The van der Waals surface area contributed by atoms with Gasteiger partial charge in [0.05, 0.1) is 11.6 Å². The molecule has 0 aliphatic carbocycles. The van der Waals surface area contributed by atoms with E-state index >= 15 is 0 Å². The molecule has 0 radical (unpaired) electrons. The number of carbonyl (C=O) groups excluding carboxylic acids is 1. The van der Waals surface area contributed by atoms with Crippen LogP contribution >= 0.6 is 0 Å². The molecule has 100 valence electrons. The molecule has 2 rings (SSSR count). The van der Waals surface area contributed by atoms with Gasteiger partial charge in [-0.25, -0.2) is 0 Å². The number of piperidine rings is 1. The third-order valence-electron chi connectivity index (χ3n) is 3.36. The molecule has 1 aliphatic rings. The minimum absolute atomic E-state index is 0.0379. The first-order chi connectivity index (χ1) is 9.19. The number of rotatable bonds is 3. The summed E-state index contributed by atoms with van der Waals surface area (Å²) in [7, 11) is 0. The Morgan fingerprint density at radius 2 is 2.21 bits per heavy atom. The normalized spacial score (nSPS) is 18.7. The highest BCUT2D eigenvalue weighted by atomic mass is 16.5. The highest BCUT2D eigenvalue weighted by molar-refractivity contribution is 5.77. The average Bonchev–Trinajstić information content (AvgIpc) is 2.45. The van der Waals surface area contributed by atoms with Crippen LogP contribution in [-0.2, 0) is 4.79 Å². The van der Waals surface area contributed by atoms with Crippen LogP contribution in [0.4, 0.5) is 0 Å². The van der Waals surface area contributed by atoms with Crippen LogP contribution in [0.2, 0.25) is 0 Å². The lowest BCUT2D eigenvalue weighted by Gasteiger charge is -2.30. The summed E-state index contributed by atoms with van der Waals surface area (Å²) < 4.78 is 5.46. The fraction of sp³-hybridized carbons (Fsp3) is 0.467. The Kier molecular flexibility index (Phi) is 4.40. The second-order valence-corrected chi connectivity index (χ2v) is 5.01. The molecule has 0 bridgehead atoms. The van der Waals surface area contributed by atoms with Gasteiger partial charge in [-0.3, -0.25) is 4.79 Å². The summed E-state index contributed by atoms with van der Waals surface area (Å²) in [6.45, 7) is 3.90.